The van der Waals surface area contributed by atoms with E-state index in [0.717, 1.165) is 12.8 Å². The number of rotatable bonds is 4. The Morgan fingerprint density at radius 3 is 2.53 bits per heavy atom. The Bertz CT molecular complexity index is 411. The molecule has 5 nitrogen and oxygen atoms in total. The molecule has 0 amide bonds. The van der Waals surface area contributed by atoms with E-state index in [1.165, 1.54) is 12.8 Å². The second-order valence-corrected chi connectivity index (χ2v) is 6.91. The van der Waals surface area contributed by atoms with Crippen LogP contribution in [0.25, 0.3) is 0 Å². The molecule has 2 rings (SSSR count). The number of ether oxygens (including phenoxy) is 1. The number of nitrogens with two attached hydrogens (primary N) is 1. The molecule has 0 saturated heterocycles. The third kappa shape index (κ3) is 4.01. The van der Waals surface area contributed by atoms with Gasteiger partial charge in [0.05, 0.1) is 11.6 Å². The summed E-state index contributed by atoms with van der Waals surface area (Å²) in [5, 5.41) is 3.88. The van der Waals surface area contributed by atoms with Crippen LogP contribution in [0, 0.1) is 5.41 Å². The minimum Gasteiger partial charge on any atom is -0.368 e. The molecule has 0 unspecified atom stereocenters. The van der Waals surface area contributed by atoms with E-state index in [1.54, 1.807) is 0 Å². The standard InChI is InChI=1S/C14H25N3O2/c1-13(2)7-5-10(6-8-13)18-9-11-16-12(17-19-11)14(3,4)15/h10H,5-9,15H2,1-4H3. The Kier molecular flexibility index (Phi) is 3.97. The summed E-state index contributed by atoms with van der Waals surface area (Å²) in [6, 6.07) is 0. The molecular formula is C14H25N3O2. The Labute approximate surface area is 114 Å². The zero-order chi connectivity index (χ0) is 14.1. The fraction of sp³-hybridized carbons (Fsp3) is 0.857. The van der Waals surface area contributed by atoms with Crippen molar-refractivity contribution in [2.45, 2.75) is 71.6 Å². The van der Waals surface area contributed by atoms with Gasteiger partial charge in [-0.3, -0.25) is 0 Å². The first-order chi connectivity index (χ1) is 8.76. The second-order valence-electron chi connectivity index (χ2n) is 6.91. The van der Waals surface area contributed by atoms with Gasteiger partial charge in [-0.1, -0.05) is 19.0 Å². The molecular weight excluding hydrogens is 242 g/mol. The number of hydrogen-bond acceptors (Lipinski definition) is 5. The molecule has 1 saturated carbocycles. The van der Waals surface area contributed by atoms with Gasteiger partial charge in [0.2, 0.25) is 0 Å². The van der Waals surface area contributed by atoms with Gasteiger partial charge in [-0.05, 0) is 44.9 Å². The van der Waals surface area contributed by atoms with E-state index in [-0.39, 0.29) is 0 Å². The van der Waals surface area contributed by atoms with E-state index in [9.17, 15) is 0 Å². The quantitative estimate of drug-likeness (QED) is 0.908. The number of aromatic nitrogens is 2. The molecule has 1 fully saturated rings. The zero-order valence-electron chi connectivity index (χ0n) is 12.4. The van der Waals surface area contributed by atoms with Gasteiger partial charge in [-0.2, -0.15) is 4.98 Å². The molecule has 0 bridgehead atoms. The smallest absolute Gasteiger partial charge is 0.252 e. The van der Waals surface area contributed by atoms with Crippen LogP contribution >= 0.6 is 0 Å². The molecule has 108 valence electrons. The fourth-order valence-corrected chi connectivity index (χ4v) is 2.30. The van der Waals surface area contributed by atoms with Crippen molar-refractivity contribution in [1.82, 2.24) is 10.1 Å². The molecule has 2 N–H and O–H groups in total. The minimum atomic E-state index is -0.573. The van der Waals surface area contributed by atoms with Crippen molar-refractivity contribution in [3.8, 4) is 0 Å². The van der Waals surface area contributed by atoms with E-state index in [2.05, 4.69) is 24.0 Å². The van der Waals surface area contributed by atoms with Crippen LogP contribution in [0.4, 0.5) is 0 Å². The summed E-state index contributed by atoms with van der Waals surface area (Å²) in [7, 11) is 0. The van der Waals surface area contributed by atoms with Crippen molar-refractivity contribution in [2.75, 3.05) is 0 Å². The highest BCUT2D eigenvalue weighted by Crippen LogP contribution is 2.36. The summed E-state index contributed by atoms with van der Waals surface area (Å²) >= 11 is 0. The van der Waals surface area contributed by atoms with E-state index in [1.807, 2.05) is 13.8 Å². The molecule has 1 aromatic heterocycles. The lowest BCUT2D eigenvalue weighted by Crippen LogP contribution is -2.30. The first-order valence-corrected chi connectivity index (χ1v) is 7.00. The van der Waals surface area contributed by atoms with Crippen molar-refractivity contribution in [1.29, 1.82) is 0 Å². The lowest BCUT2D eigenvalue weighted by molar-refractivity contribution is -0.0153. The Hall–Kier alpha value is -0.940. The van der Waals surface area contributed by atoms with Crippen molar-refractivity contribution >= 4 is 0 Å². The Balaban J connectivity index is 1.82. The predicted molar refractivity (Wildman–Crippen MR) is 72.3 cm³/mol. The fourth-order valence-electron chi connectivity index (χ4n) is 2.30. The first-order valence-electron chi connectivity index (χ1n) is 7.00. The molecule has 0 aliphatic heterocycles. The maximum atomic E-state index is 5.91. The average molecular weight is 267 g/mol. The van der Waals surface area contributed by atoms with E-state index in [0.29, 0.717) is 29.8 Å². The van der Waals surface area contributed by atoms with E-state index < -0.39 is 5.54 Å². The maximum Gasteiger partial charge on any atom is 0.252 e. The highest BCUT2D eigenvalue weighted by Gasteiger charge is 2.28. The summed E-state index contributed by atoms with van der Waals surface area (Å²) in [5.74, 6) is 1.04. The van der Waals surface area contributed by atoms with Crippen LogP contribution in [0.3, 0.4) is 0 Å². The van der Waals surface area contributed by atoms with Gasteiger partial charge in [-0.15, -0.1) is 0 Å². The van der Waals surface area contributed by atoms with Crippen LogP contribution < -0.4 is 5.73 Å². The van der Waals surface area contributed by atoms with Gasteiger partial charge in [-0.25, -0.2) is 0 Å². The zero-order valence-corrected chi connectivity index (χ0v) is 12.4. The molecule has 1 aliphatic carbocycles. The van der Waals surface area contributed by atoms with Gasteiger partial charge >= 0.3 is 0 Å². The van der Waals surface area contributed by atoms with Gasteiger partial charge in [0.25, 0.3) is 5.89 Å². The van der Waals surface area contributed by atoms with Crippen LogP contribution in [-0.4, -0.2) is 16.2 Å². The first kappa shape index (κ1) is 14.5. The molecule has 0 aromatic carbocycles. The van der Waals surface area contributed by atoms with Crippen molar-refractivity contribution in [3.05, 3.63) is 11.7 Å². The summed E-state index contributed by atoms with van der Waals surface area (Å²) in [4.78, 5) is 4.27. The summed E-state index contributed by atoms with van der Waals surface area (Å²) in [5.41, 5.74) is 5.80. The molecule has 19 heavy (non-hydrogen) atoms. The van der Waals surface area contributed by atoms with Crippen molar-refractivity contribution in [3.63, 3.8) is 0 Å². The van der Waals surface area contributed by atoms with Crippen molar-refractivity contribution < 1.29 is 9.26 Å². The SMILES string of the molecule is CC1(C)CCC(OCc2nc(C(C)(C)N)no2)CC1. The lowest BCUT2D eigenvalue weighted by Gasteiger charge is -2.33. The molecule has 1 heterocycles. The van der Waals surface area contributed by atoms with Crippen LogP contribution in [0.5, 0.6) is 0 Å². The molecule has 0 atom stereocenters. The summed E-state index contributed by atoms with van der Waals surface area (Å²) < 4.78 is 11.0. The van der Waals surface area contributed by atoms with Gasteiger partial charge in [0, 0.05) is 0 Å². The van der Waals surface area contributed by atoms with Gasteiger partial charge in [0.1, 0.15) is 6.61 Å². The normalized spacial score (nSPS) is 20.7. The van der Waals surface area contributed by atoms with Crippen LogP contribution in [0.2, 0.25) is 0 Å². The third-order valence-electron chi connectivity index (χ3n) is 3.77. The van der Waals surface area contributed by atoms with Gasteiger partial charge < -0.3 is 15.0 Å². The maximum absolute atomic E-state index is 5.91. The van der Waals surface area contributed by atoms with Crippen LogP contribution in [0.1, 0.15) is 65.1 Å². The third-order valence-corrected chi connectivity index (χ3v) is 3.77. The van der Waals surface area contributed by atoms with Gasteiger partial charge in [0.15, 0.2) is 5.82 Å². The Morgan fingerprint density at radius 1 is 1.37 bits per heavy atom. The average Bonchev–Trinajstić information content (AvgIpc) is 2.76. The molecule has 0 spiro atoms. The minimum absolute atomic E-state index is 0.314. The molecule has 1 aliphatic rings. The molecule has 1 aromatic rings. The second kappa shape index (κ2) is 5.21. The topological polar surface area (TPSA) is 74.2 Å². The summed E-state index contributed by atoms with van der Waals surface area (Å²) in [6.07, 6.45) is 4.95. The largest absolute Gasteiger partial charge is 0.368 e. The van der Waals surface area contributed by atoms with E-state index >= 15 is 0 Å². The number of nitrogens with zero attached hydrogens (tertiary/aromatic N) is 2. The highest BCUT2D eigenvalue weighted by atomic mass is 16.5. The van der Waals surface area contributed by atoms with E-state index in [4.69, 9.17) is 15.0 Å². The monoisotopic (exact) mass is 267 g/mol. The Morgan fingerprint density at radius 2 is 2.00 bits per heavy atom. The summed E-state index contributed by atoms with van der Waals surface area (Å²) in [6.45, 7) is 8.72. The lowest BCUT2D eigenvalue weighted by atomic mass is 9.76. The molecule has 5 heteroatoms. The number of hydrogen-bond donors (Lipinski definition) is 1. The van der Waals surface area contributed by atoms with Crippen molar-refractivity contribution in [2.24, 2.45) is 11.1 Å². The van der Waals surface area contributed by atoms with Crippen LogP contribution in [-0.2, 0) is 16.9 Å². The highest BCUT2D eigenvalue weighted by molar-refractivity contribution is 4.98. The predicted octanol–water partition coefficient (Wildman–Crippen LogP) is 2.75. The molecule has 0 radical (unpaired) electrons. The van der Waals surface area contributed by atoms with Crippen LogP contribution in [0.15, 0.2) is 4.52 Å².